The maximum atomic E-state index is 5.57. The lowest BCUT2D eigenvalue weighted by Gasteiger charge is -2.13. The number of ether oxygens (including phenoxy) is 2. The predicted octanol–water partition coefficient (Wildman–Crippen LogP) is 2.99. The van der Waals surface area contributed by atoms with Crippen molar-refractivity contribution in [3.05, 3.63) is 41.1 Å². The molecule has 0 amide bonds. The van der Waals surface area contributed by atoms with E-state index in [9.17, 15) is 0 Å². The van der Waals surface area contributed by atoms with Crippen molar-refractivity contribution in [3.63, 3.8) is 0 Å². The Morgan fingerprint density at radius 1 is 1.24 bits per heavy atom. The van der Waals surface area contributed by atoms with Gasteiger partial charge in [-0.2, -0.15) is 0 Å². The number of aryl methyl sites for hydroxylation is 2. The maximum Gasteiger partial charge on any atom is 0.208 e. The Balaban J connectivity index is 2.01. The summed E-state index contributed by atoms with van der Waals surface area (Å²) in [5.41, 5.74) is 1.98. The minimum atomic E-state index is 0.580. The first-order chi connectivity index (χ1) is 10.2. The molecule has 0 radical (unpaired) electrons. The molecular weight excluding hydrogens is 268 g/mol. The van der Waals surface area contributed by atoms with Crippen LogP contribution in [0.2, 0.25) is 0 Å². The predicted molar refractivity (Wildman–Crippen MR) is 80.7 cm³/mol. The van der Waals surface area contributed by atoms with Crippen molar-refractivity contribution in [1.82, 2.24) is 10.3 Å². The van der Waals surface area contributed by atoms with Crippen molar-refractivity contribution < 1.29 is 13.9 Å². The number of para-hydroxylation sites is 1. The van der Waals surface area contributed by atoms with E-state index in [2.05, 4.69) is 10.3 Å². The summed E-state index contributed by atoms with van der Waals surface area (Å²) < 4.78 is 16.6. The largest absolute Gasteiger partial charge is 0.493 e. The second-order valence-corrected chi connectivity index (χ2v) is 4.73. The Morgan fingerprint density at radius 3 is 2.67 bits per heavy atom. The van der Waals surface area contributed by atoms with Crippen LogP contribution in [0.5, 0.6) is 11.5 Å². The van der Waals surface area contributed by atoms with Crippen LogP contribution >= 0.6 is 0 Å². The third-order valence-electron chi connectivity index (χ3n) is 3.23. The zero-order valence-electron chi connectivity index (χ0n) is 13.0. The van der Waals surface area contributed by atoms with Gasteiger partial charge in [0.1, 0.15) is 5.76 Å². The highest BCUT2D eigenvalue weighted by molar-refractivity contribution is 5.46. The molecule has 2 aromatic rings. The van der Waals surface area contributed by atoms with Gasteiger partial charge in [-0.05, 0) is 26.8 Å². The Hall–Kier alpha value is -2.01. The summed E-state index contributed by atoms with van der Waals surface area (Å²) in [6.45, 7) is 7.66. The lowest BCUT2D eigenvalue weighted by Crippen LogP contribution is -2.14. The van der Waals surface area contributed by atoms with Crippen molar-refractivity contribution in [2.24, 2.45) is 0 Å². The summed E-state index contributed by atoms with van der Waals surface area (Å²) in [7, 11) is 1.65. The summed E-state index contributed by atoms with van der Waals surface area (Å²) in [4.78, 5) is 4.35. The van der Waals surface area contributed by atoms with Gasteiger partial charge in [-0.15, -0.1) is 0 Å². The number of aromatic nitrogens is 1. The zero-order chi connectivity index (χ0) is 15.2. The zero-order valence-corrected chi connectivity index (χ0v) is 13.0. The molecule has 1 aromatic carbocycles. The normalized spacial score (nSPS) is 10.7. The van der Waals surface area contributed by atoms with E-state index in [0.29, 0.717) is 25.6 Å². The molecule has 5 nitrogen and oxygen atoms in total. The summed E-state index contributed by atoms with van der Waals surface area (Å²) in [5.74, 6) is 3.10. The van der Waals surface area contributed by atoms with Gasteiger partial charge in [-0.3, -0.25) is 0 Å². The fourth-order valence-corrected chi connectivity index (χ4v) is 2.12. The number of benzene rings is 1. The molecule has 0 atom stereocenters. The van der Waals surface area contributed by atoms with Crippen LogP contribution in [-0.4, -0.2) is 18.7 Å². The van der Waals surface area contributed by atoms with Gasteiger partial charge in [-0.25, -0.2) is 4.98 Å². The molecule has 0 aliphatic heterocycles. The monoisotopic (exact) mass is 290 g/mol. The first kappa shape index (κ1) is 15.4. The van der Waals surface area contributed by atoms with Crippen molar-refractivity contribution in [1.29, 1.82) is 0 Å². The molecule has 0 aliphatic rings. The Bertz CT molecular complexity index is 574. The molecule has 0 spiro atoms. The van der Waals surface area contributed by atoms with E-state index < -0.39 is 0 Å². The number of hydrogen-bond donors (Lipinski definition) is 1. The van der Waals surface area contributed by atoms with Gasteiger partial charge in [-0.1, -0.05) is 12.1 Å². The van der Waals surface area contributed by atoms with Gasteiger partial charge in [0.15, 0.2) is 11.5 Å². The number of methoxy groups -OCH3 is 1. The molecule has 0 bridgehead atoms. The molecule has 5 heteroatoms. The molecule has 1 aromatic heterocycles. The summed E-state index contributed by atoms with van der Waals surface area (Å²) in [6.07, 6.45) is 0. The van der Waals surface area contributed by atoms with Crippen LogP contribution in [0.3, 0.4) is 0 Å². The lowest BCUT2D eigenvalue weighted by atomic mass is 10.2. The summed E-state index contributed by atoms with van der Waals surface area (Å²) in [6, 6.07) is 5.89. The minimum absolute atomic E-state index is 0.580. The molecule has 0 saturated heterocycles. The highest BCUT2D eigenvalue weighted by Gasteiger charge is 2.10. The highest BCUT2D eigenvalue weighted by atomic mass is 16.5. The van der Waals surface area contributed by atoms with E-state index in [4.69, 9.17) is 13.9 Å². The fraction of sp³-hybridized carbons (Fsp3) is 0.438. The van der Waals surface area contributed by atoms with Gasteiger partial charge < -0.3 is 19.2 Å². The van der Waals surface area contributed by atoms with Crippen molar-refractivity contribution in [2.45, 2.75) is 33.9 Å². The number of nitrogens with zero attached hydrogens (tertiary/aromatic N) is 1. The molecule has 114 valence electrons. The molecule has 0 unspecified atom stereocenters. The third-order valence-corrected chi connectivity index (χ3v) is 3.23. The van der Waals surface area contributed by atoms with Crippen LogP contribution < -0.4 is 14.8 Å². The van der Waals surface area contributed by atoms with Crippen molar-refractivity contribution in [2.75, 3.05) is 13.7 Å². The number of hydrogen-bond acceptors (Lipinski definition) is 5. The van der Waals surface area contributed by atoms with Crippen molar-refractivity contribution >= 4 is 0 Å². The van der Waals surface area contributed by atoms with E-state index >= 15 is 0 Å². The standard InChI is InChI=1S/C16H22N2O3/c1-5-20-14-8-6-7-13(16(14)19-4)9-17-10-15-18-11(2)12(3)21-15/h6-8,17H,5,9-10H2,1-4H3. The Morgan fingerprint density at radius 2 is 2.05 bits per heavy atom. The van der Waals surface area contributed by atoms with Crippen molar-refractivity contribution in [3.8, 4) is 11.5 Å². The number of nitrogens with one attached hydrogen (secondary N) is 1. The van der Waals surface area contributed by atoms with E-state index in [-0.39, 0.29) is 0 Å². The second-order valence-electron chi connectivity index (χ2n) is 4.73. The molecule has 0 aliphatic carbocycles. The topological polar surface area (TPSA) is 56.5 Å². The van der Waals surface area contributed by atoms with E-state index in [0.717, 1.165) is 28.5 Å². The van der Waals surface area contributed by atoms with Gasteiger partial charge >= 0.3 is 0 Å². The van der Waals surface area contributed by atoms with Gasteiger partial charge in [0, 0.05) is 12.1 Å². The fourth-order valence-electron chi connectivity index (χ4n) is 2.12. The average Bonchev–Trinajstić information content (AvgIpc) is 2.78. The van der Waals surface area contributed by atoms with Gasteiger partial charge in [0.25, 0.3) is 0 Å². The van der Waals surface area contributed by atoms with Crippen LogP contribution in [0.1, 0.15) is 29.8 Å². The number of rotatable bonds is 7. The van der Waals surface area contributed by atoms with Crippen LogP contribution in [0.25, 0.3) is 0 Å². The Labute approximate surface area is 125 Å². The minimum Gasteiger partial charge on any atom is -0.493 e. The quantitative estimate of drug-likeness (QED) is 0.849. The average molecular weight is 290 g/mol. The summed E-state index contributed by atoms with van der Waals surface area (Å²) in [5, 5.41) is 3.31. The highest BCUT2D eigenvalue weighted by Crippen LogP contribution is 2.30. The smallest absolute Gasteiger partial charge is 0.208 e. The Kier molecular flexibility index (Phi) is 5.22. The van der Waals surface area contributed by atoms with Crippen LogP contribution in [0.15, 0.2) is 22.6 Å². The molecule has 2 rings (SSSR count). The first-order valence-corrected chi connectivity index (χ1v) is 7.08. The molecule has 0 fully saturated rings. The van der Waals surface area contributed by atoms with Crippen LogP contribution in [0.4, 0.5) is 0 Å². The molecule has 0 saturated carbocycles. The second kappa shape index (κ2) is 7.13. The first-order valence-electron chi connectivity index (χ1n) is 7.08. The van der Waals surface area contributed by atoms with E-state index in [1.807, 2.05) is 39.0 Å². The van der Waals surface area contributed by atoms with Crippen LogP contribution in [0, 0.1) is 13.8 Å². The van der Waals surface area contributed by atoms with Crippen LogP contribution in [-0.2, 0) is 13.1 Å². The van der Waals surface area contributed by atoms with Gasteiger partial charge in [0.2, 0.25) is 5.89 Å². The molecule has 1 N–H and O–H groups in total. The lowest BCUT2D eigenvalue weighted by molar-refractivity contribution is 0.308. The number of oxazole rings is 1. The van der Waals surface area contributed by atoms with Gasteiger partial charge in [0.05, 0.1) is 26.0 Å². The maximum absolute atomic E-state index is 5.57. The third kappa shape index (κ3) is 3.76. The molecule has 1 heterocycles. The SMILES string of the molecule is CCOc1cccc(CNCc2nc(C)c(C)o2)c1OC. The van der Waals surface area contributed by atoms with E-state index in [1.165, 1.54) is 0 Å². The van der Waals surface area contributed by atoms with E-state index in [1.54, 1.807) is 7.11 Å². The molecule has 21 heavy (non-hydrogen) atoms. The molecular formula is C16H22N2O3. The summed E-state index contributed by atoms with van der Waals surface area (Å²) >= 11 is 0.